The third kappa shape index (κ3) is 8.22. The molecule has 0 aliphatic carbocycles. The summed E-state index contributed by atoms with van der Waals surface area (Å²) in [5, 5.41) is 23.6. The Morgan fingerprint density at radius 1 is 0.932 bits per heavy atom. The van der Waals surface area contributed by atoms with E-state index in [0.29, 0.717) is 67.9 Å². The molecule has 2 atom stereocenters. The second-order valence-electron chi connectivity index (χ2n) is 14.5. The van der Waals surface area contributed by atoms with Crippen molar-refractivity contribution in [2.45, 2.75) is 72.0 Å². The number of aliphatic hydroxyl groups excluding tert-OH is 1. The van der Waals surface area contributed by atoms with Gasteiger partial charge in [-0.2, -0.15) is 0 Å². The minimum atomic E-state index is -0.644. The molecule has 0 spiro atoms. The molecule has 6 rings (SSSR count). The fourth-order valence-corrected chi connectivity index (χ4v) is 10.2. The molecule has 4 aliphatic rings. The average molecular weight is 869 g/mol. The summed E-state index contributed by atoms with van der Waals surface area (Å²) < 4.78 is 16.2. The van der Waals surface area contributed by atoms with Crippen LogP contribution >= 0.6 is 0 Å². The van der Waals surface area contributed by atoms with Gasteiger partial charge in [0.2, 0.25) is 0 Å². The Balaban J connectivity index is 1.62. The van der Waals surface area contributed by atoms with E-state index in [1.165, 1.54) is 27.4 Å². The quantitative estimate of drug-likeness (QED) is 0.0566. The van der Waals surface area contributed by atoms with Crippen molar-refractivity contribution in [2.75, 3.05) is 21.3 Å². The molecule has 8 bridgehead atoms. The van der Waals surface area contributed by atoms with E-state index in [1.807, 2.05) is 39.0 Å². The number of hydrogen-bond donors (Lipinski definition) is 2. The number of aliphatic imine (C=N–C) groups is 3. The van der Waals surface area contributed by atoms with Crippen molar-refractivity contribution in [3.05, 3.63) is 114 Å². The summed E-state index contributed by atoms with van der Waals surface area (Å²) in [5.41, 5.74) is 9.60. The van der Waals surface area contributed by atoms with Crippen LogP contribution in [0, 0.1) is 28.9 Å². The Labute approximate surface area is 348 Å². The molecule has 308 valence electrons. The number of allylic oxidation sites excluding steroid dienone is 5. The molecule has 0 radical (unpaired) electrons. The first-order valence-electron chi connectivity index (χ1n) is 19.3. The van der Waals surface area contributed by atoms with Crippen LogP contribution in [0.5, 0.6) is 0 Å². The van der Waals surface area contributed by atoms with Gasteiger partial charge < -0.3 is 14.2 Å². The number of aliphatic hydroxyl groups is 1. The van der Waals surface area contributed by atoms with Crippen LogP contribution in [0.15, 0.2) is 96.0 Å². The number of H-pyrrole nitrogens is 1. The Kier molecular flexibility index (Phi) is 13.0. The molecule has 1 aromatic carbocycles. The van der Waals surface area contributed by atoms with Crippen LogP contribution in [-0.4, -0.2) is 86.3 Å². The van der Waals surface area contributed by atoms with Gasteiger partial charge in [-0.3, -0.25) is 9.59 Å². The summed E-state index contributed by atoms with van der Waals surface area (Å²) >= 11 is -0.228. The van der Waals surface area contributed by atoms with E-state index in [4.69, 9.17) is 29.2 Å². The minimum absolute atomic E-state index is 0.0319. The molecule has 14 nitrogen and oxygen atoms in total. The van der Waals surface area contributed by atoms with Crippen molar-refractivity contribution in [3.8, 4) is 0 Å². The van der Waals surface area contributed by atoms with Crippen LogP contribution in [0.3, 0.4) is 0 Å². The van der Waals surface area contributed by atoms with Crippen molar-refractivity contribution in [1.29, 1.82) is 0 Å². The molecule has 5 heterocycles. The molecule has 0 amide bonds. The first-order chi connectivity index (χ1) is 28.3. The van der Waals surface area contributed by atoms with E-state index < -0.39 is 29.7 Å². The van der Waals surface area contributed by atoms with Gasteiger partial charge in [-0.15, -0.1) is 0 Å². The monoisotopic (exact) mass is 869 g/mol. The SMILES string of the molecule is CCc1c2[nH]c(c1C)C=C1N=C(C(C)=C1CC[Se]c1ccccc1[N+](=O)[O-])/C(=C\O)C1=NC(=C(CC(=O)OC)C3=NC(=C2)C(C)=C3C(=O)OC)[C@@H](CCC(=O)OC)[C@@H]1C. The van der Waals surface area contributed by atoms with Crippen molar-refractivity contribution >= 4 is 72.3 Å². The summed E-state index contributed by atoms with van der Waals surface area (Å²) in [6.07, 6.45) is 6.10. The number of ether oxygens (including phenoxy) is 3. The number of nitro benzene ring substituents is 1. The molecule has 0 fully saturated rings. The number of aromatic amines is 1. The molecule has 2 N–H and O–H groups in total. The van der Waals surface area contributed by atoms with Gasteiger partial charge in [0.1, 0.15) is 0 Å². The summed E-state index contributed by atoms with van der Waals surface area (Å²) in [5.74, 6) is -2.58. The van der Waals surface area contributed by atoms with Gasteiger partial charge in [-0.1, -0.05) is 0 Å². The fourth-order valence-electron chi connectivity index (χ4n) is 8.11. The van der Waals surface area contributed by atoms with Crippen LogP contribution in [0.4, 0.5) is 5.69 Å². The first-order valence-corrected chi connectivity index (χ1v) is 21.3. The number of esters is 3. The normalized spacial score (nSPS) is 19.4. The maximum atomic E-state index is 13.6. The molecule has 59 heavy (non-hydrogen) atoms. The molecule has 0 saturated heterocycles. The van der Waals surface area contributed by atoms with Gasteiger partial charge in [0.05, 0.1) is 21.3 Å². The topological polar surface area (TPSA) is 195 Å². The number of fused-ring (bicyclic) bond motifs is 5. The van der Waals surface area contributed by atoms with Gasteiger partial charge in [-0.25, -0.2) is 4.79 Å². The van der Waals surface area contributed by atoms with Crippen LogP contribution in [0.1, 0.15) is 75.9 Å². The molecule has 1 aromatic heterocycles. The third-order valence-corrected chi connectivity index (χ3v) is 13.6. The van der Waals surface area contributed by atoms with Crippen LogP contribution in [0.2, 0.25) is 5.32 Å². The van der Waals surface area contributed by atoms with Crippen LogP contribution < -0.4 is 4.46 Å². The summed E-state index contributed by atoms with van der Waals surface area (Å²) in [6, 6.07) is 6.80. The Morgan fingerprint density at radius 2 is 1.63 bits per heavy atom. The zero-order chi connectivity index (χ0) is 42.7. The number of aromatic nitrogens is 1. The second kappa shape index (κ2) is 17.9. The number of benzene rings is 1. The van der Waals surface area contributed by atoms with E-state index in [0.717, 1.165) is 39.9 Å². The number of carbonyl (C=O) groups is 3. The molecule has 2 aromatic rings. The van der Waals surface area contributed by atoms with Crippen molar-refractivity contribution in [1.82, 2.24) is 4.98 Å². The second-order valence-corrected chi connectivity index (χ2v) is 16.9. The first kappa shape index (κ1) is 42.7. The van der Waals surface area contributed by atoms with E-state index in [1.54, 1.807) is 19.1 Å². The van der Waals surface area contributed by atoms with E-state index in [-0.39, 0.29) is 56.1 Å². The Bertz CT molecular complexity index is 2440. The number of para-hydroxylation sites is 1. The number of rotatable bonds is 12. The molecular formula is C44H47N5O9Se. The summed E-state index contributed by atoms with van der Waals surface area (Å²) in [7, 11) is 3.87. The van der Waals surface area contributed by atoms with Gasteiger partial charge in [-0.05, 0) is 0 Å². The van der Waals surface area contributed by atoms with E-state index >= 15 is 0 Å². The number of hydrogen-bond acceptors (Lipinski definition) is 12. The predicted molar refractivity (Wildman–Crippen MR) is 227 cm³/mol. The van der Waals surface area contributed by atoms with Crippen molar-refractivity contribution in [2.24, 2.45) is 26.8 Å². The van der Waals surface area contributed by atoms with Crippen molar-refractivity contribution < 1.29 is 38.6 Å². The van der Waals surface area contributed by atoms with Gasteiger partial charge in [0.15, 0.2) is 0 Å². The fraction of sp³-hybridized carbons (Fsp3) is 0.364. The number of methoxy groups -OCH3 is 3. The Hall–Kier alpha value is -5.92. The van der Waals surface area contributed by atoms with Crippen LogP contribution in [0.25, 0.3) is 12.2 Å². The molecular weight excluding hydrogens is 821 g/mol. The van der Waals surface area contributed by atoms with Crippen molar-refractivity contribution in [3.63, 3.8) is 0 Å². The standard InChI is InChI=1S/C44H47N5O9Se/c1-9-26-22(2)31-19-34-27(16-17-59-36-13-11-10-12-35(36)49(54)55)23(3)40(47-34)30(21-50)41-24(4)28(14-15-37(51)56-6)42(48-41)29(18-38(52)57-7)43-39(44(53)58-8)25(5)32(46-43)20-33(26)45-31/h10-13,19-21,24,28,45,50H,9,14-18H2,1-8H3/b30-21+,32-20?,34-19?,42-29?/t24-,28-/m0/s1. The molecule has 0 saturated carbocycles. The average Bonchev–Trinajstić information content (AvgIpc) is 3.92. The van der Waals surface area contributed by atoms with Gasteiger partial charge in [0.25, 0.3) is 0 Å². The van der Waals surface area contributed by atoms with Gasteiger partial charge >= 0.3 is 300 Å². The van der Waals surface area contributed by atoms with Crippen LogP contribution in [-0.2, 0) is 35.0 Å². The predicted octanol–water partition coefficient (Wildman–Crippen LogP) is 6.96. The van der Waals surface area contributed by atoms with E-state index in [2.05, 4.69) is 11.9 Å². The molecule has 4 aliphatic heterocycles. The van der Waals surface area contributed by atoms with E-state index in [9.17, 15) is 29.6 Å². The number of nitrogens with one attached hydrogen (secondary N) is 1. The molecule has 15 heteroatoms. The summed E-state index contributed by atoms with van der Waals surface area (Å²) in [4.78, 5) is 69.9. The summed E-state index contributed by atoms with van der Waals surface area (Å²) in [6.45, 7) is 9.73. The zero-order valence-electron chi connectivity index (χ0n) is 34.3. The number of nitrogens with zero attached hydrogens (tertiary/aromatic N) is 4. The zero-order valence-corrected chi connectivity index (χ0v) is 36.1. The third-order valence-electron chi connectivity index (χ3n) is 11.3. The maximum absolute atomic E-state index is 13.6. The number of nitro groups is 1. The molecule has 0 unspecified atom stereocenters. The number of carbonyl (C=O) groups excluding carboxylic acids is 3. The Morgan fingerprint density at radius 3 is 2.29 bits per heavy atom. The van der Waals surface area contributed by atoms with Gasteiger partial charge in [0, 0.05) is 0 Å².